The van der Waals surface area contributed by atoms with Crippen molar-refractivity contribution in [2.24, 2.45) is 0 Å². The summed E-state index contributed by atoms with van der Waals surface area (Å²) in [5.41, 5.74) is 0.933. The predicted molar refractivity (Wildman–Crippen MR) is 102 cm³/mol. The second-order valence-electron chi connectivity index (χ2n) is 6.26. The molecular weight excluding hydrogens is 332 g/mol. The maximum atomic E-state index is 12.6. The number of aryl methyl sites for hydroxylation is 2. The number of ether oxygens (including phenoxy) is 1. The summed E-state index contributed by atoms with van der Waals surface area (Å²) < 4.78 is 8.78. The minimum absolute atomic E-state index is 0.393. The van der Waals surface area contributed by atoms with Crippen molar-refractivity contribution in [3.05, 3.63) is 45.1 Å². The van der Waals surface area contributed by atoms with Crippen molar-refractivity contribution in [3.63, 3.8) is 0 Å². The molecule has 3 rings (SSSR count). The van der Waals surface area contributed by atoms with Gasteiger partial charge in [-0.3, -0.25) is 14.3 Å². The van der Waals surface area contributed by atoms with Gasteiger partial charge in [0.05, 0.1) is 7.11 Å². The normalized spacial score (nSPS) is 11.2. The fraction of sp³-hybridized carbons (Fsp3) is 0.421. The minimum Gasteiger partial charge on any atom is -0.497 e. The molecule has 0 radical (unpaired) electrons. The fourth-order valence-corrected chi connectivity index (χ4v) is 3.12. The molecular formula is C19H24N4O3. The Morgan fingerprint density at radius 2 is 1.92 bits per heavy atom. The molecule has 1 aromatic carbocycles. The molecule has 0 unspecified atom stereocenters. The molecule has 7 heteroatoms. The molecule has 0 atom stereocenters. The zero-order chi connectivity index (χ0) is 18.7. The van der Waals surface area contributed by atoms with E-state index in [0.717, 1.165) is 30.6 Å². The van der Waals surface area contributed by atoms with Gasteiger partial charge in [0.25, 0.3) is 5.56 Å². The lowest BCUT2D eigenvalue weighted by Gasteiger charge is -2.09. The second kappa shape index (κ2) is 7.59. The third-order valence-electron chi connectivity index (χ3n) is 4.40. The van der Waals surface area contributed by atoms with E-state index >= 15 is 0 Å². The fourth-order valence-electron chi connectivity index (χ4n) is 3.12. The molecule has 3 aromatic rings. The zero-order valence-corrected chi connectivity index (χ0v) is 15.4. The van der Waals surface area contributed by atoms with Gasteiger partial charge in [0.2, 0.25) is 0 Å². The Morgan fingerprint density at radius 3 is 2.62 bits per heavy atom. The monoisotopic (exact) mass is 356 g/mol. The average molecular weight is 356 g/mol. The van der Waals surface area contributed by atoms with E-state index in [-0.39, 0.29) is 0 Å². The van der Waals surface area contributed by atoms with Crippen LogP contribution in [0.2, 0.25) is 0 Å². The van der Waals surface area contributed by atoms with Crippen LogP contribution in [0.3, 0.4) is 0 Å². The number of benzene rings is 1. The van der Waals surface area contributed by atoms with Crippen LogP contribution < -0.4 is 16.0 Å². The summed E-state index contributed by atoms with van der Waals surface area (Å²) in [6, 6.07) is 7.58. The van der Waals surface area contributed by atoms with Gasteiger partial charge < -0.3 is 9.30 Å². The van der Waals surface area contributed by atoms with Crippen LogP contribution >= 0.6 is 0 Å². The van der Waals surface area contributed by atoms with E-state index in [4.69, 9.17) is 9.72 Å². The number of nitrogens with one attached hydrogen (secondary N) is 1. The Balaban J connectivity index is 2.34. The van der Waals surface area contributed by atoms with E-state index in [1.54, 1.807) is 11.7 Å². The lowest BCUT2D eigenvalue weighted by molar-refractivity contribution is 0.415. The SMILES string of the molecule is CCCCn1c(-c2cccc(OC)c2)nc2c1c(=O)[nH]c(=O)n2CCC. The van der Waals surface area contributed by atoms with E-state index in [9.17, 15) is 9.59 Å². The Morgan fingerprint density at radius 1 is 1.12 bits per heavy atom. The largest absolute Gasteiger partial charge is 0.497 e. The molecule has 1 N–H and O–H groups in total. The number of unbranched alkanes of at least 4 members (excludes halogenated alkanes) is 1. The summed E-state index contributed by atoms with van der Waals surface area (Å²) >= 11 is 0. The summed E-state index contributed by atoms with van der Waals surface area (Å²) in [6.07, 6.45) is 2.68. The van der Waals surface area contributed by atoms with E-state index in [1.165, 1.54) is 0 Å². The molecule has 0 aliphatic heterocycles. The molecule has 2 heterocycles. The summed E-state index contributed by atoms with van der Waals surface area (Å²) in [7, 11) is 1.61. The second-order valence-corrected chi connectivity index (χ2v) is 6.26. The van der Waals surface area contributed by atoms with Gasteiger partial charge in [-0.2, -0.15) is 0 Å². The summed E-state index contributed by atoms with van der Waals surface area (Å²) in [6.45, 7) is 5.25. The van der Waals surface area contributed by atoms with Crippen molar-refractivity contribution < 1.29 is 4.74 Å². The minimum atomic E-state index is -0.415. The van der Waals surface area contributed by atoms with Crippen LogP contribution in [0.1, 0.15) is 33.1 Å². The molecule has 2 aromatic heterocycles. The van der Waals surface area contributed by atoms with Gasteiger partial charge >= 0.3 is 5.69 Å². The molecule has 0 saturated carbocycles. The number of H-pyrrole nitrogens is 1. The Bertz CT molecular complexity index is 1030. The van der Waals surface area contributed by atoms with E-state index in [2.05, 4.69) is 11.9 Å². The van der Waals surface area contributed by atoms with Gasteiger partial charge in [-0.05, 0) is 25.0 Å². The molecule has 0 aliphatic carbocycles. The molecule has 0 fully saturated rings. The van der Waals surface area contributed by atoms with E-state index in [0.29, 0.717) is 30.1 Å². The number of methoxy groups -OCH3 is 1. The number of imidazole rings is 1. The highest BCUT2D eigenvalue weighted by molar-refractivity contribution is 5.77. The molecule has 0 bridgehead atoms. The van der Waals surface area contributed by atoms with Crippen LogP contribution in [0.15, 0.2) is 33.9 Å². The Hall–Kier alpha value is -2.83. The number of aromatic amines is 1. The number of aromatic nitrogens is 4. The van der Waals surface area contributed by atoms with Gasteiger partial charge in [0.15, 0.2) is 11.2 Å². The molecule has 0 aliphatic rings. The first-order chi connectivity index (χ1) is 12.6. The number of rotatable bonds is 7. The highest BCUT2D eigenvalue weighted by atomic mass is 16.5. The summed E-state index contributed by atoms with van der Waals surface area (Å²) in [5.74, 6) is 1.39. The summed E-state index contributed by atoms with van der Waals surface area (Å²) in [5, 5.41) is 0. The molecule has 7 nitrogen and oxygen atoms in total. The number of hydrogen-bond acceptors (Lipinski definition) is 4. The molecule has 0 saturated heterocycles. The van der Waals surface area contributed by atoms with Crippen molar-refractivity contribution in [1.82, 2.24) is 19.1 Å². The maximum absolute atomic E-state index is 12.6. The molecule has 0 amide bonds. The lowest BCUT2D eigenvalue weighted by atomic mass is 10.2. The first-order valence-electron chi connectivity index (χ1n) is 8.98. The zero-order valence-electron chi connectivity index (χ0n) is 15.4. The first kappa shape index (κ1) is 18.0. The molecule has 138 valence electrons. The average Bonchev–Trinajstić information content (AvgIpc) is 3.03. The van der Waals surface area contributed by atoms with Gasteiger partial charge in [-0.15, -0.1) is 0 Å². The highest BCUT2D eigenvalue weighted by Crippen LogP contribution is 2.26. The molecule has 0 spiro atoms. The van der Waals surface area contributed by atoms with Crippen LogP contribution in [0.5, 0.6) is 5.75 Å². The third-order valence-corrected chi connectivity index (χ3v) is 4.40. The topological polar surface area (TPSA) is 81.9 Å². The van der Waals surface area contributed by atoms with Crippen molar-refractivity contribution in [2.45, 2.75) is 46.2 Å². The van der Waals surface area contributed by atoms with Crippen LogP contribution in [-0.4, -0.2) is 26.2 Å². The van der Waals surface area contributed by atoms with Crippen molar-refractivity contribution >= 4 is 11.2 Å². The third kappa shape index (κ3) is 3.16. The van der Waals surface area contributed by atoms with Gasteiger partial charge in [-0.1, -0.05) is 32.4 Å². The van der Waals surface area contributed by atoms with E-state index < -0.39 is 11.2 Å². The maximum Gasteiger partial charge on any atom is 0.330 e. The standard InChI is InChI=1S/C19H24N4O3/c1-4-6-11-22-15-17(23(10-5-2)19(25)21-18(15)24)20-16(22)13-8-7-9-14(12-13)26-3/h7-9,12H,4-6,10-11H2,1-3H3,(H,21,24,25). The summed E-state index contributed by atoms with van der Waals surface area (Å²) in [4.78, 5) is 31.9. The predicted octanol–water partition coefficient (Wildman–Crippen LogP) is 2.77. The lowest BCUT2D eigenvalue weighted by Crippen LogP contribution is -2.31. The number of fused-ring (bicyclic) bond motifs is 1. The molecule has 26 heavy (non-hydrogen) atoms. The number of nitrogens with zero attached hydrogens (tertiary/aromatic N) is 3. The van der Waals surface area contributed by atoms with Crippen LogP contribution in [0, 0.1) is 0 Å². The van der Waals surface area contributed by atoms with Crippen LogP contribution in [0.25, 0.3) is 22.6 Å². The number of hydrogen-bond donors (Lipinski definition) is 1. The Kier molecular flexibility index (Phi) is 5.25. The smallest absolute Gasteiger partial charge is 0.330 e. The van der Waals surface area contributed by atoms with E-state index in [1.807, 2.05) is 35.8 Å². The van der Waals surface area contributed by atoms with Crippen LogP contribution in [0.4, 0.5) is 0 Å². The highest BCUT2D eigenvalue weighted by Gasteiger charge is 2.19. The quantitative estimate of drug-likeness (QED) is 0.706. The van der Waals surface area contributed by atoms with Crippen molar-refractivity contribution in [2.75, 3.05) is 7.11 Å². The van der Waals surface area contributed by atoms with Gasteiger partial charge in [0, 0.05) is 18.7 Å². The Labute approximate surface area is 151 Å². The van der Waals surface area contributed by atoms with Gasteiger partial charge in [0.1, 0.15) is 11.6 Å². The van der Waals surface area contributed by atoms with Crippen molar-refractivity contribution in [3.8, 4) is 17.1 Å². The van der Waals surface area contributed by atoms with Crippen LogP contribution in [-0.2, 0) is 13.1 Å². The van der Waals surface area contributed by atoms with Gasteiger partial charge in [-0.25, -0.2) is 9.78 Å². The van der Waals surface area contributed by atoms with Crippen molar-refractivity contribution in [1.29, 1.82) is 0 Å². The first-order valence-corrected chi connectivity index (χ1v) is 8.98.